The molecule has 0 spiro atoms. The van der Waals surface area contributed by atoms with E-state index in [1.54, 1.807) is 17.4 Å². The van der Waals surface area contributed by atoms with Crippen LogP contribution in [0.25, 0.3) is 18.8 Å². The lowest BCUT2D eigenvalue weighted by Gasteiger charge is -2.17. The number of nitrogens with one attached hydrogen (secondary N) is 1. The molecule has 4 aromatic rings. The predicted octanol–water partition coefficient (Wildman–Crippen LogP) is 18.2. The highest BCUT2D eigenvalue weighted by molar-refractivity contribution is 7.28. The zero-order valence-corrected chi connectivity index (χ0v) is 45.7. The van der Waals surface area contributed by atoms with Crippen LogP contribution in [0.5, 0.6) is 0 Å². The fourth-order valence-corrected chi connectivity index (χ4v) is 12.7. The minimum Gasteiger partial charge on any atom is -0.475 e. The Morgan fingerprint density at radius 1 is 0.478 bits per heavy atom. The van der Waals surface area contributed by atoms with Gasteiger partial charge in [0, 0.05) is 25.3 Å². The van der Waals surface area contributed by atoms with Gasteiger partial charge in [0.15, 0.2) is 0 Å². The van der Waals surface area contributed by atoms with Gasteiger partial charge in [0.05, 0.1) is 9.75 Å². The SMILES string of the molecule is CCCCCCCCCCC(CCCCCCCC)CNC(=O)C(=O)c1cc2sccc2s1.CCCCCCCCCCC(CN)CCCCCCCC.O=C(O)C(=O)c1cc2sccc2s1. The second-order valence-corrected chi connectivity index (χ2v) is 22.9. The van der Waals surface area contributed by atoms with E-state index in [4.69, 9.17) is 10.8 Å². The number of rotatable bonds is 39. The number of fused-ring (bicyclic) bond motifs is 2. The number of hydrogen-bond acceptors (Lipinski definition) is 9. The average molecular weight is 1000 g/mol. The van der Waals surface area contributed by atoms with E-state index in [1.807, 2.05) is 29.0 Å². The lowest BCUT2D eigenvalue weighted by Crippen LogP contribution is -2.34. The molecule has 0 aliphatic heterocycles. The van der Waals surface area contributed by atoms with Crippen molar-refractivity contribution in [1.82, 2.24) is 5.32 Å². The summed E-state index contributed by atoms with van der Waals surface area (Å²) in [6, 6.07) is 7.38. The highest BCUT2D eigenvalue weighted by atomic mass is 32.1. The van der Waals surface area contributed by atoms with E-state index in [0.29, 0.717) is 22.2 Å². The van der Waals surface area contributed by atoms with E-state index in [1.165, 1.54) is 227 Å². The van der Waals surface area contributed by atoms with Gasteiger partial charge in [-0.15, -0.1) is 45.3 Å². The van der Waals surface area contributed by atoms with Crippen LogP contribution in [-0.4, -0.2) is 41.6 Å². The summed E-state index contributed by atoms with van der Waals surface area (Å²) in [5, 5.41) is 15.4. The second kappa shape index (κ2) is 40.3. The molecule has 7 nitrogen and oxygen atoms in total. The Labute approximate surface area is 423 Å². The minimum absolute atomic E-state index is 0.300. The third kappa shape index (κ3) is 28.1. The molecule has 4 N–H and O–H groups in total. The van der Waals surface area contributed by atoms with Crippen LogP contribution in [0.1, 0.15) is 253 Å². The number of carboxylic acids is 1. The molecular formula is C56H92N2O5S4. The number of aliphatic carboxylic acids is 1. The maximum atomic E-state index is 12.6. The van der Waals surface area contributed by atoms with Crippen molar-refractivity contribution in [2.24, 2.45) is 17.6 Å². The smallest absolute Gasteiger partial charge is 0.378 e. The molecule has 2 atom stereocenters. The van der Waals surface area contributed by atoms with E-state index in [2.05, 4.69) is 33.0 Å². The molecule has 1 amide bonds. The number of carbonyl (C=O) groups excluding carboxylic acids is 3. The van der Waals surface area contributed by atoms with Crippen LogP contribution in [0.4, 0.5) is 0 Å². The lowest BCUT2D eigenvalue weighted by atomic mass is 9.94. The summed E-state index contributed by atoms with van der Waals surface area (Å²) in [7, 11) is 0. The molecule has 0 radical (unpaired) electrons. The second-order valence-electron chi connectivity index (χ2n) is 18.8. The number of hydrogen-bond donors (Lipinski definition) is 3. The maximum absolute atomic E-state index is 12.6. The van der Waals surface area contributed by atoms with Crippen molar-refractivity contribution in [3.63, 3.8) is 0 Å². The molecule has 4 aromatic heterocycles. The first-order valence-corrected chi connectivity index (χ1v) is 30.3. The normalized spacial score (nSPS) is 12.1. The number of Topliss-reactive ketones (excluding diaryl/α,β-unsaturated/α-hetero) is 2. The number of unbranched alkanes of at least 4 members (excludes halogenated alkanes) is 24. The van der Waals surface area contributed by atoms with Crippen LogP contribution >= 0.6 is 45.3 Å². The van der Waals surface area contributed by atoms with Gasteiger partial charge in [-0.3, -0.25) is 14.4 Å². The zero-order valence-electron chi connectivity index (χ0n) is 42.5. The first-order valence-electron chi connectivity index (χ1n) is 26.9. The molecule has 0 aliphatic carbocycles. The van der Waals surface area contributed by atoms with Crippen LogP contribution in [0.3, 0.4) is 0 Å². The molecule has 0 aromatic carbocycles. The predicted molar refractivity (Wildman–Crippen MR) is 295 cm³/mol. The molecule has 0 saturated heterocycles. The Balaban J connectivity index is 0.000000384. The number of carboxylic acid groups (broad SMARTS) is 1. The first-order chi connectivity index (χ1) is 32.7. The summed E-state index contributed by atoms with van der Waals surface area (Å²) in [6.45, 7) is 10.6. The number of carbonyl (C=O) groups is 4. The summed E-state index contributed by atoms with van der Waals surface area (Å²) >= 11 is 5.76. The summed E-state index contributed by atoms with van der Waals surface area (Å²) in [5.41, 5.74) is 5.93. The Morgan fingerprint density at radius 2 is 0.806 bits per heavy atom. The van der Waals surface area contributed by atoms with Crippen molar-refractivity contribution < 1.29 is 24.3 Å². The van der Waals surface area contributed by atoms with Crippen molar-refractivity contribution in [2.75, 3.05) is 13.1 Å². The fourth-order valence-electron chi connectivity index (χ4n) is 8.58. The van der Waals surface area contributed by atoms with Crippen molar-refractivity contribution >= 4 is 87.6 Å². The van der Waals surface area contributed by atoms with Gasteiger partial charge in [-0.25, -0.2) is 4.79 Å². The van der Waals surface area contributed by atoms with Crippen molar-refractivity contribution in [3.8, 4) is 0 Å². The highest BCUT2D eigenvalue weighted by Gasteiger charge is 2.21. The lowest BCUT2D eigenvalue weighted by molar-refractivity contribution is -0.131. The van der Waals surface area contributed by atoms with Crippen LogP contribution in [0, 0.1) is 11.8 Å². The Morgan fingerprint density at radius 3 is 1.13 bits per heavy atom. The Hall–Kier alpha value is -2.44. The third-order valence-electron chi connectivity index (χ3n) is 12.9. The molecule has 4 heterocycles. The summed E-state index contributed by atoms with van der Waals surface area (Å²) < 4.78 is 4.11. The van der Waals surface area contributed by atoms with E-state index in [9.17, 15) is 19.2 Å². The third-order valence-corrected chi connectivity index (χ3v) is 17.1. The van der Waals surface area contributed by atoms with Gasteiger partial charge in [0.25, 0.3) is 17.5 Å². The van der Waals surface area contributed by atoms with E-state index in [-0.39, 0.29) is 5.78 Å². The summed E-state index contributed by atoms with van der Waals surface area (Å²) in [6.07, 6.45) is 43.3. The zero-order chi connectivity index (χ0) is 48.7. The quantitative estimate of drug-likeness (QED) is 0.0232. The van der Waals surface area contributed by atoms with Crippen LogP contribution in [0.2, 0.25) is 0 Å². The standard InChI is InChI=1S/C28H45NO2S2.C20H43N.C8H4O3S2/c1-3-5-7-9-11-12-14-16-18-23(17-15-13-10-8-6-4-2)22-29-28(31)27(30)26-21-25-24(33-26)19-20-32-25;1-3-5-7-9-11-12-14-16-18-20(19-21)17-15-13-10-8-6-4-2;9-7(8(10)11)6-3-5-4(13-6)1-2-12-5/h19-21,23H,3-18,22H2,1-2H3,(H,29,31);20H,3-19,21H2,1-2H3;1-3H,(H,10,11). The molecule has 67 heavy (non-hydrogen) atoms. The fraction of sp³-hybridized carbons (Fsp3) is 0.714. The van der Waals surface area contributed by atoms with Gasteiger partial charge in [0.2, 0.25) is 0 Å². The molecule has 0 fully saturated rings. The van der Waals surface area contributed by atoms with E-state index in [0.717, 1.165) is 44.1 Å². The van der Waals surface area contributed by atoms with Crippen LogP contribution < -0.4 is 11.1 Å². The molecule has 380 valence electrons. The maximum Gasteiger partial charge on any atom is 0.378 e. The van der Waals surface area contributed by atoms with E-state index >= 15 is 0 Å². The van der Waals surface area contributed by atoms with E-state index < -0.39 is 17.7 Å². The Kier molecular flexibility index (Phi) is 36.5. The van der Waals surface area contributed by atoms with Crippen LogP contribution in [0.15, 0.2) is 35.0 Å². The molecule has 2 unspecified atom stereocenters. The van der Waals surface area contributed by atoms with Gasteiger partial charge in [0.1, 0.15) is 0 Å². The minimum atomic E-state index is -1.39. The molecule has 0 aliphatic rings. The average Bonchev–Trinajstić information content (AvgIpc) is 4.15. The largest absolute Gasteiger partial charge is 0.475 e. The summed E-state index contributed by atoms with van der Waals surface area (Å²) in [4.78, 5) is 47.4. The van der Waals surface area contributed by atoms with Crippen molar-refractivity contribution in [2.45, 2.75) is 233 Å². The number of ketones is 2. The Bertz CT molecular complexity index is 1780. The molecule has 4 rings (SSSR count). The number of nitrogens with two attached hydrogens (primary N) is 1. The molecular weight excluding hydrogens is 909 g/mol. The van der Waals surface area contributed by atoms with Crippen LogP contribution in [-0.2, 0) is 9.59 Å². The monoisotopic (exact) mass is 1000 g/mol. The van der Waals surface area contributed by atoms with Crippen molar-refractivity contribution in [1.29, 1.82) is 0 Å². The first kappa shape index (κ1) is 60.7. The van der Waals surface area contributed by atoms with Gasteiger partial charge in [-0.05, 0) is 79.1 Å². The van der Waals surface area contributed by atoms with Gasteiger partial charge < -0.3 is 16.2 Å². The summed E-state index contributed by atoms with van der Waals surface area (Å²) in [5.74, 6) is -1.75. The number of thiophene rings is 4. The molecule has 0 bridgehead atoms. The molecule has 11 heteroatoms. The van der Waals surface area contributed by atoms with Gasteiger partial charge in [-0.2, -0.15) is 0 Å². The van der Waals surface area contributed by atoms with Crippen molar-refractivity contribution in [3.05, 3.63) is 44.8 Å². The number of amides is 1. The highest BCUT2D eigenvalue weighted by Crippen LogP contribution is 2.31. The topological polar surface area (TPSA) is 127 Å². The van der Waals surface area contributed by atoms with Gasteiger partial charge >= 0.3 is 5.97 Å². The van der Waals surface area contributed by atoms with Gasteiger partial charge in [-0.1, -0.05) is 207 Å². The molecule has 0 saturated carbocycles.